The van der Waals surface area contributed by atoms with Crippen LogP contribution in [0.5, 0.6) is 0 Å². The molecule has 1 aromatic rings. The van der Waals surface area contributed by atoms with Crippen molar-refractivity contribution in [3.63, 3.8) is 0 Å². The second-order valence-electron chi connectivity index (χ2n) is 3.67. The van der Waals surface area contributed by atoms with Crippen LogP contribution in [0.1, 0.15) is 13.8 Å². The number of hydrogen-bond acceptors (Lipinski definition) is 3. The Hall–Kier alpha value is -2.04. The zero-order chi connectivity index (χ0) is 11.7. The van der Waals surface area contributed by atoms with Crippen LogP contribution in [-0.4, -0.2) is 27.2 Å². The highest BCUT2D eigenvalue weighted by molar-refractivity contribution is 5.70. The molecule has 1 aliphatic heterocycles. The van der Waals surface area contributed by atoms with Crippen molar-refractivity contribution in [1.29, 1.82) is 0 Å². The number of amides is 1. The summed E-state index contributed by atoms with van der Waals surface area (Å²) >= 11 is 0. The molecule has 16 heavy (non-hydrogen) atoms. The maximum Gasteiger partial charge on any atom is 0.413 e. The van der Waals surface area contributed by atoms with E-state index in [1.54, 1.807) is 18.6 Å². The molecule has 0 radical (unpaired) electrons. The number of rotatable bonds is 1. The molecule has 0 saturated heterocycles. The van der Waals surface area contributed by atoms with Crippen LogP contribution in [0.25, 0.3) is 0 Å². The van der Waals surface area contributed by atoms with E-state index in [0.29, 0.717) is 0 Å². The molecule has 0 spiro atoms. The summed E-state index contributed by atoms with van der Waals surface area (Å²) in [6.07, 6.45) is 3.86. The summed E-state index contributed by atoms with van der Waals surface area (Å²) in [5.74, 6) is 0. The zero-order valence-corrected chi connectivity index (χ0v) is 9.16. The molecule has 1 unspecified atom stereocenters. The maximum absolute atomic E-state index is 11.0. The molecule has 0 fully saturated rings. The number of carbonyl (C=O) groups is 1. The third-order valence-electron chi connectivity index (χ3n) is 2.63. The van der Waals surface area contributed by atoms with Gasteiger partial charge in [-0.25, -0.2) is 4.79 Å². The third-order valence-corrected chi connectivity index (χ3v) is 2.63. The SMILES string of the molecule is CC1=CN(C(=O)O)C(C)N1c1cccnc1. The Bertz CT molecular complexity index is 430. The fourth-order valence-electron chi connectivity index (χ4n) is 1.92. The molecule has 1 aliphatic rings. The number of nitrogens with zero attached hydrogens (tertiary/aromatic N) is 3. The van der Waals surface area contributed by atoms with Gasteiger partial charge in [0.1, 0.15) is 6.17 Å². The monoisotopic (exact) mass is 219 g/mol. The number of anilines is 1. The molecular weight excluding hydrogens is 206 g/mol. The Labute approximate surface area is 93.6 Å². The lowest BCUT2D eigenvalue weighted by molar-refractivity contribution is 0.155. The van der Waals surface area contributed by atoms with Gasteiger partial charge < -0.3 is 10.0 Å². The van der Waals surface area contributed by atoms with Gasteiger partial charge in [-0.2, -0.15) is 0 Å². The Morgan fingerprint density at radius 3 is 2.81 bits per heavy atom. The summed E-state index contributed by atoms with van der Waals surface area (Å²) < 4.78 is 0. The van der Waals surface area contributed by atoms with E-state index in [9.17, 15) is 4.79 Å². The molecule has 1 N–H and O–H groups in total. The van der Waals surface area contributed by atoms with Crippen LogP contribution in [0.4, 0.5) is 10.5 Å². The van der Waals surface area contributed by atoms with Gasteiger partial charge in [0.2, 0.25) is 0 Å². The van der Waals surface area contributed by atoms with Crippen LogP contribution in [0, 0.1) is 0 Å². The minimum absolute atomic E-state index is 0.235. The van der Waals surface area contributed by atoms with E-state index in [2.05, 4.69) is 4.98 Å². The third kappa shape index (κ3) is 1.60. The Morgan fingerprint density at radius 2 is 2.31 bits per heavy atom. The molecular formula is C11H13N3O2. The number of hydrogen-bond donors (Lipinski definition) is 1. The topological polar surface area (TPSA) is 56.7 Å². The van der Waals surface area contributed by atoms with Gasteiger partial charge in [0.05, 0.1) is 11.9 Å². The summed E-state index contributed by atoms with van der Waals surface area (Å²) in [6, 6.07) is 3.74. The average Bonchev–Trinajstić information content (AvgIpc) is 2.56. The van der Waals surface area contributed by atoms with Crippen LogP contribution < -0.4 is 4.90 Å². The highest BCUT2D eigenvalue weighted by Gasteiger charge is 2.31. The lowest BCUT2D eigenvalue weighted by Crippen LogP contribution is -2.39. The summed E-state index contributed by atoms with van der Waals surface area (Å²) in [5, 5.41) is 9.01. The van der Waals surface area contributed by atoms with Gasteiger partial charge in [-0.3, -0.25) is 9.88 Å². The van der Waals surface area contributed by atoms with Crippen LogP contribution >= 0.6 is 0 Å². The van der Waals surface area contributed by atoms with Crippen LogP contribution in [-0.2, 0) is 0 Å². The molecule has 0 aliphatic carbocycles. The Balaban J connectivity index is 2.32. The highest BCUT2D eigenvalue weighted by Crippen LogP contribution is 2.28. The first-order valence-corrected chi connectivity index (χ1v) is 5.00. The van der Waals surface area contributed by atoms with Crippen molar-refractivity contribution in [3.8, 4) is 0 Å². The fourth-order valence-corrected chi connectivity index (χ4v) is 1.92. The molecule has 2 rings (SSSR count). The van der Waals surface area contributed by atoms with Gasteiger partial charge in [0.15, 0.2) is 0 Å². The van der Waals surface area contributed by atoms with Crippen molar-refractivity contribution < 1.29 is 9.90 Å². The maximum atomic E-state index is 11.0. The van der Waals surface area contributed by atoms with E-state index in [0.717, 1.165) is 11.4 Å². The molecule has 1 amide bonds. The standard InChI is InChI=1S/C11H13N3O2/c1-8-7-13(11(15)16)9(2)14(8)10-4-3-5-12-6-10/h3-7,9H,1-2H3,(H,15,16). The molecule has 5 nitrogen and oxygen atoms in total. The minimum atomic E-state index is -0.946. The average molecular weight is 219 g/mol. The first-order valence-electron chi connectivity index (χ1n) is 5.00. The van der Waals surface area contributed by atoms with Gasteiger partial charge in [-0.15, -0.1) is 0 Å². The van der Waals surface area contributed by atoms with Gasteiger partial charge in [-0.1, -0.05) is 0 Å². The molecule has 0 aromatic carbocycles. The lowest BCUT2D eigenvalue weighted by Gasteiger charge is -2.28. The quantitative estimate of drug-likeness (QED) is 0.785. The highest BCUT2D eigenvalue weighted by atomic mass is 16.4. The van der Waals surface area contributed by atoms with Gasteiger partial charge in [0.25, 0.3) is 0 Å². The Morgan fingerprint density at radius 1 is 1.56 bits per heavy atom. The summed E-state index contributed by atoms with van der Waals surface area (Å²) in [6.45, 7) is 3.72. The number of aromatic nitrogens is 1. The van der Waals surface area contributed by atoms with Crippen LogP contribution in [0.15, 0.2) is 36.4 Å². The summed E-state index contributed by atoms with van der Waals surface area (Å²) in [4.78, 5) is 18.2. The summed E-state index contributed by atoms with van der Waals surface area (Å²) in [7, 11) is 0. The molecule has 84 valence electrons. The van der Waals surface area contributed by atoms with Crippen molar-refractivity contribution in [2.45, 2.75) is 20.0 Å². The predicted molar refractivity (Wildman–Crippen MR) is 59.8 cm³/mol. The minimum Gasteiger partial charge on any atom is -0.465 e. The molecule has 2 heterocycles. The predicted octanol–water partition coefficient (Wildman–Crippen LogP) is 2.09. The molecule has 1 aromatic heterocycles. The van der Waals surface area contributed by atoms with Gasteiger partial charge in [0, 0.05) is 18.1 Å². The van der Waals surface area contributed by atoms with E-state index < -0.39 is 6.09 Å². The van der Waals surface area contributed by atoms with Crippen molar-refractivity contribution in [3.05, 3.63) is 36.4 Å². The van der Waals surface area contributed by atoms with Crippen LogP contribution in [0.2, 0.25) is 0 Å². The zero-order valence-electron chi connectivity index (χ0n) is 9.16. The lowest BCUT2D eigenvalue weighted by atomic mass is 10.3. The number of carboxylic acid groups (broad SMARTS) is 1. The van der Waals surface area contributed by atoms with E-state index in [1.807, 2.05) is 30.9 Å². The van der Waals surface area contributed by atoms with E-state index in [-0.39, 0.29) is 6.17 Å². The normalized spacial score (nSPS) is 19.9. The van der Waals surface area contributed by atoms with Gasteiger partial charge in [-0.05, 0) is 26.0 Å². The molecule has 0 bridgehead atoms. The number of allylic oxidation sites excluding steroid dienone is 1. The van der Waals surface area contributed by atoms with Crippen molar-refractivity contribution in [2.75, 3.05) is 4.90 Å². The van der Waals surface area contributed by atoms with E-state index >= 15 is 0 Å². The number of pyridine rings is 1. The largest absolute Gasteiger partial charge is 0.465 e. The van der Waals surface area contributed by atoms with Gasteiger partial charge >= 0.3 is 6.09 Å². The molecule has 0 saturated carbocycles. The second kappa shape index (κ2) is 3.84. The second-order valence-corrected chi connectivity index (χ2v) is 3.67. The first-order chi connectivity index (χ1) is 7.61. The first kappa shape index (κ1) is 10.5. The molecule has 5 heteroatoms. The molecule has 1 atom stereocenters. The summed E-state index contributed by atoms with van der Waals surface area (Å²) in [5.41, 5.74) is 1.79. The van der Waals surface area contributed by atoms with E-state index in [4.69, 9.17) is 5.11 Å². The van der Waals surface area contributed by atoms with Crippen molar-refractivity contribution >= 4 is 11.8 Å². The van der Waals surface area contributed by atoms with Crippen molar-refractivity contribution in [2.24, 2.45) is 0 Å². The van der Waals surface area contributed by atoms with E-state index in [1.165, 1.54) is 4.90 Å². The smallest absolute Gasteiger partial charge is 0.413 e. The Kier molecular flexibility index (Phi) is 2.52. The van der Waals surface area contributed by atoms with Crippen LogP contribution in [0.3, 0.4) is 0 Å². The fraction of sp³-hybridized carbons (Fsp3) is 0.273. The van der Waals surface area contributed by atoms with Crippen molar-refractivity contribution in [1.82, 2.24) is 9.88 Å².